The molecule has 8 nitrogen and oxygen atoms in total. The number of nitrogens with one attached hydrogen (secondary N) is 1. The lowest BCUT2D eigenvalue weighted by molar-refractivity contribution is 0.414. The fourth-order valence-corrected chi connectivity index (χ4v) is 4.55. The van der Waals surface area contributed by atoms with Gasteiger partial charge in [0.25, 0.3) is 0 Å². The number of ether oxygens (including phenoxy) is 1. The molecule has 0 fully saturated rings. The minimum atomic E-state index is 0.725. The predicted molar refractivity (Wildman–Crippen MR) is 153 cm³/mol. The van der Waals surface area contributed by atoms with E-state index in [2.05, 4.69) is 38.7 Å². The van der Waals surface area contributed by atoms with Crippen LogP contribution in [0.4, 0.5) is 11.5 Å². The van der Waals surface area contributed by atoms with E-state index < -0.39 is 0 Å². The van der Waals surface area contributed by atoms with Crippen LogP contribution in [0, 0.1) is 13.8 Å². The third-order valence-electron chi connectivity index (χ3n) is 6.41. The molecule has 0 bridgehead atoms. The van der Waals surface area contributed by atoms with Gasteiger partial charge in [-0.05, 0) is 67.9 Å². The van der Waals surface area contributed by atoms with Crippen molar-refractivity contribution in [1.82, 2.24) is 29.5 Å². The molecule has 0 spiro atoms. The van der Waals surface area contributed by atoms with Crippen molar-refractivity contribution in [2.45, 2.75) is 13.8 Å². The van der Waals surface area contributed by atoms with Crippen molar-refractivity contribution in [2.24, 2.45) is 0 Å². The molecular formula is C31H27N7O. The monoisotopic (exact) mass is 513 g/mol. The van der Waals surface area contributed by atoms with E-state index in [1.807, 2.05) is 102 Å². The Morgan fingerprint density at radius 3 is 2.33 bits per heavy atom. The van der Waals surface area contributed by atoms with E-state index >= 15 is 0 Å². The van der Waals surface area contributed by atoms with Gasteiger partial charge in [0, 0.05) is 35.3 Å². The molecule has 6 aromatic rings. The van der Waals surface area contributed by atoms with E-state index in [-0.39, 0.29) is 0 Å². The molecule has 3 aromatic carbocycles. The van der Waals surface area contributed by atoms with Gasteiger partial charge in [-0.2, -0.15) is 10.2 Å². The van der Waals surface area contributed by atoms with Crippen molar-refractivity contribution in [1.29, 1.82) is 0 Å². The highest BCUT2D eigenvalue weighted by molar-refractivity contribution is 5.82. The molecular weight excluding hydrogens is 486 g/mol. The van der Waals surface area contributed by atoms with E-state index in [0.717, 1.165) is 62.7 Å². The Kier molecular flexibility index (Phi) is 6.34. The third-order valence-corrected chi connectivity index (χ3v) is 6.41. The summed E-state index contributed by atoms with van der Waals surface area (Å²) in [6.07, 6.45) is 3.85. The number of hydrogen-bond donors (Lipinski definition) is 1. The molecule has 192 valence electrons. The second-order valence-corrected chi connectivity index (χ2v) is 9.12. The van der Waals surface area contributed by atoms with Crippen molar-refractivity contribution in [3.05, 3.63) is 115 Å². The number of benzene rings is 3. The van der Waals surface area contributed by atoms with Crippen molar-refractivity contribution in [3.8, 4) is 39.5 Å². The number of pyridine rings is 1. The van der Waals surface area contributed by atoms with Crippen molar-refractivity contribution >= 4 is 11.5 Å². The van der Waals surface area contributed by atoms with Crippen molar-refractivity contribution < 1.29 is 4.74 Å². The number of aryl methyl sites for hydroxylation is 2. The van der Waals surface area contributed by atoms with Crippen LogP contribution in [0.25, 0.3) is 33.8 Å². The van der Waals surface area contributed by atoms with Gasteiger partial charge in [-0.15, -0.1) is 0 Å². The highest BCUT2D eigenvalue weighted by Crippen LogP contribution is 2.33. The standard InChI is InChI=1S/C31H27N7O/c1-21-33-22(2)38(35-21)26-14-12-25(13-15-26)34-30-18-24(16-17-32-30)31-29(23-8-5-4-6-9-23)20-37(36-31)27-10-7-11-28(19-27)39-3/h4-20H,1-3H3,(H,32,34). The minimum absolute atomic E-state index is 0.725. The summed E-state index contributed by atoms with van der Waals surface area (Å²) in [5, 5.41) is 12.9. The quantitative estimate of drug-likeness (QED) is 0.261. The summed E-state index contributed by atoms with van der Waals surface area (Å²) in [6.45, 7) is 3.84. The van der Waals surface area contributed by atoms with E-state index in [1.54, 1.807) is 13.3 Å². The summed E-state index contributed by atoms with van der Waals surface area (Å²) in [7, 11) is 1.67. The lowest BCUT2D eigenvalue weighted by Gasteiger charge is -2.09. The summed E-state index contributed by atoms with van der Waals surface area (Å²) in [6, 6.07) is 30.2. The van der Waals surface area contributed by atoms with Gasteiger partial charge in [0.2, 0.25) is 0 Å². The minimum Gasteiger partial charge on any atom is -0.497 e. The molecule has 3 heterocycles. The molecule has 0 aliphatic rings. The van der Waals surface area contributed by atoms with Gasteiger partial charge in [0.1, 0.15) is 28.9 Å². The molecule has 0 radical (unpaired) electrons. The van der Waals surface area contributed by atoms with Crippen molar-refractivity contribution in [2.75, 3.05) is 12.4 Å². The number of aromatic nitrogens is 6. The topological polar surface area (TPSA) is 82.7 Å². The number of anilines is 2. The Balaban J connectivity index is 1.33. The van der Waals surface area contributed by atoms with E-state index in [4.69, 9.17) is 9.84 Å². The van der Waals surface area contributed by atoms with Gasteiger partial charge in [0.05, 0.1) is 18.5 Å². The lowest BCUT2D eigenvalue weighted by Crippen LogP contribution is -2.00. The van der Waals surface area contributed by atoms with Gasteiger partial charge in [-0.1, -0.05) is 36.4 Å². The Morgan fingerprint density at radius 1 is 0.769 bits per heavy atom. The van der Waals surface area contributed by atoms with E-state index in [9.17, 15) is 0 Å². The maximum Gasteiger partial charge on any atom is 0.148 e. The van der Waals surface area contributed by atoms with Gasteiger partial charge in [0.15, 0.2) is 0 Å². The van der Waals surface area contributed by atoms with Crippen LogP contribution in [-0.2, 0) is 0 Å². The fourth-order valence-electron chi connectivity index (χ4n) is 4.55. The number of nitrogens with zero attached hydrogens (tertiary/aromatic N) is 6. The first kappa shape index (κ1) is 24.1. The average Bonchev–Trinajstić information content (AvgIpc) is 3.57. The average molecular weight is 514 g/mol. The fraction of sp³-hybridized carbons (Fsp3) is 0.0968. The Hall–Kier alpha value is -5.24. The second-order valence-electron chi connectivity index (χ2n) is 9.12. The maximum absolute atomic E-state index is 5.43. The molecule has 6 rings (SSSR count). The zero-order chi connectivity index (χ0) is 26.8. The lowest BCUT2D eigenvalue weighted by atomic mass is 10.0. The normalized spacial score (nSPS) is 10.9. The van der Waals surface area contributed by atoms with Gasteiger partial charge < -0.3 is 10.1 Å². The van der Waals surface area contributed by atoms with Gasteiger partial charge >= 0.3 is 0 Å². The maximum atomic E-state index is 5.43. The SMILES string of the molecule is COc1cccc(-n2cc(-c3ccccc3)c(-c3ccnc(Nc4ccc(-n5nc(C)nc5C)cc4)c3)n2)c1. The molecule has 0 unspecified atom stereocenters. The van der Waals surface area contributed by atoms with Crippen LogP contribution in [0.5, 0.6) is 5.75 Å². The molecule has 0 saturated carbocycles. The molecule has 3 aromatic heterocycles. The second kappa shape index (κ2) is 10.3. The molecule has 8 heteroatoms. The third kappa shape index (κ3) is 5.00. The van der Waals surface area contributed by atoms with Crippen LogP contribution in [-0.4, -0.2) is 36.6 Å². The first-order chi connectivity index (χ1) is 19.1. The Bertz CT molecular complexity index is 1740. The molecule has 0 aliphatic heterocycles. The first-order valence-corrected chi connectivity index (χ1v) is 12.6. The first-order valence-electron chi connectivity index (χ1n) is 12.6. The number of methoxy groups -OCH3 is 1. The van der Waals surface area contributed by atoms with Crippen LogP contribution in [0.3, 0.4) is 0 Å². The van der Waals surface area contributed by atoms with E-state index in [0.29, 0.717) is 0 Å². The highest BCUT2D eigenvalue weighted by atomic mass is 16.5. The van der Waals surface area contributed by atoms with Gasteiger partial charge in [-0.3, -0.25) is 0 Å². The van der Waals surface area contributed by atoms with Crippen LogP contribution in [0.1, 0.15) is 11.6 Å². The Morgan fingerprint density at radius 2 is 1.59 bits per heavy atom. The van der Waals surface area contributed by atoms with Crippen LogP contribution in [0.15, 0.2) is 103 Å². The highest BCUT2D eigenvalue weighted by Gasteiger charge is 2.15. The molecule has 0 saturated heterocycles. The molecule has 0 aliphatic carbocycles. The van der Waals surface area contributed by atoms with Crippen LogP contribution in [0.2, 0.25) is 0 Å². The number of rotatable bonds is 7. The predicted octanol–water partition coefficient (Wildman–Crippen LogP) is 6.55. The summed E-state index contributed by atoms with van der Waals surface area (Å²) >= 11 is 0. The molecule has 39 heavy (non-hydrogen) atoms. The van der Waals surface area contributed by atoms with Gasteiger partial charge in [-0.25, -0.2) is 19.3 Å². The summed E-state index contributed by atoms with van der Waals surface area (Å²) < 4.78 is 9.15. The zero-order valence-corrected chi connectivity index (χ0v) is 21.9. The summed E-state index contributed by atoms with van der Waals surface area (Å²) in [5.41, 5.74) is 6.72. The Labute approximate surface area is 226 Å². The summed E-state index contributed by atoms with van der Waals surface area (Å²) in [5.74, 6) is 3.11. The number of hydrogen-bond acceptors (Lipinski definition) is 6. The molecule has 0 amide bonds. The smallest absolute Gasteiger partial charge is 0.148 e. The van der Waals surface area contributed by atoms with Crippen LogP contribution < -0.4 is 10.1 Å². The van der Waals surface area contributed by atoms with E-state index in [1.165, 1.54) is 0 Å². The largest absolute Gasteiger partial charge is 0.497 e. The molecule has 1 N–H and O–H groups in total. The van der Waals surface area contributed by atoms with Crippen molar-refractivity contribution in [3.63, 3.8) is 0 Å². The van der Waals surface area contributed by atoms with Crippen LogP contribution >= 0.6 is 0 Å². The zero-order valence-electron chi connectivity index (χ0n) is 21.9. The molecule has 0 atom stereocenters. The summed E-state index contributed by atoms with van der Waals surface area (Å²) in [4.78, 5) is 8.95.